The Morgan fingerprint density at radius 3 is 2.52 bits per heavy atom. The maximum atomic E-state index is 11.6. The van der Waals surface area contributed by atoms with Crippen LogP contribution >= 0.6 is 0 Å². The third-order valence-electron chi connectivity index (χ3n) is 3.42. The van der Waals surface area contributed by atoms with Gasteiger partial charge in [0.05, 0.1) is 17.3 Å². The molecule has 1 fully saturated rings. The molecule has 21 heavy (non-hydrogen) atoms. The summed E-state index contributed by atoms with van der Waals surface area (Å²) >= 11 is 0. The second-order valence-electron chi connectivity index (χ2n) is 5.13. The van der Waals surface area contributed by atoms with E-state index in [9.17, 15) is 16.8 Å². The van der Waals surface area contributed by atoms with Gasteiger partial charge in [-0.25, -0.2) is 16.8 Å². The molecule has 0 unspecified atom stereocenters. The van der Waals surface area contributed by atoms with Gasteiger partial charge in [0, 0.05) is 25.3 Å². The Hall–Kier alpha value is -1.12. The highest BCUT2D eigenvalue weighted by Crippen LogP contribution is 2.15. The molecule has 1 aromatic rings. The number of hydrogen-bond acceptors (Lipinski definition) is 5. The molecule has 2 rings (SSSR count). The predicted molar refractivity (Wildman–Crippen MR) is 83.5 cm³/mol. The fourth-order valence-electron chi connectivity index (χ4n) is 2.15. The zero-order valence-corrected chi connectivity index (χ0v) is 13.6. The number of benzene rings is 1. The van der Waals surface area contributed by atoms with E-state index in [0.717, 1.165) is 5.56 Å². The molecule has 118 valence electrons. The van der Waals surface area contributed by atoms with Gasteiger partial charge in [-0.15, -0.1) is 0 Å². The minimum Gasteiger partial charge on any atom is -0.297 e. The number of nitrogens with one attached hydrogen (secondary N) is 1. The van der Waals surface area contributed by atoms with Crippen molar-refractivity contribution >= 4 is 25.5 Å². The minimum atomic E-state index is -3.28. The summed E-state index contributed by atoms with van der Waals surface area (Å²) in [6.45, 7) is 3.25. The van der Waals surface area contributed by atoms with Crippen molar-refractivity contribution in [1.29, 1.82) is 0 Å². The molecule has 0 bridgehead atoms. The highest BCUT2D eigenvalue weighted by molar-refractivity contribution is 7.92. The van der Waals surface area contributed by atoms with Crippen LogP contribution in [-0.2, 0) is 26.4 Å². The lowest BCUT2D eigenvalue weighted by molar-refractivity contribution is 0.288. The van der Waals surface area contributed by atoms with Gasteiger partial charge in [0.2, 0.25) is 10.0 Å². The fraction of sp³-hybridized carbons (Fsp3) is 0.538. The molecule has 0 spiro atoms. The third-order valence-corrected chi connectivity index (χ3v) is 6.34. The van der Waals surface area contributed by atoms with Gasteiger partial charge in [0.15, 0.2) is 9.84 Å². The SMILES string of the molecule is CCS(=O)(=O)Nc1cccc(CN2CCS(=O)(=O)CC2)c1. The van der Waals surface area contributed by atoms with Crippen molar-refractivity contribution in [3.8, 4) is 0 Å². The highest BCUT2D eigenvalue weighted by atomic mass is 32.2. The molecule has 1 aliphatic heterocycles. The van der Waals surface area contributed by atoms with E-state index in [2.05, 4.69) is 9.62 Å². The van der Waals surface area contributed by atoms with Crippen molar-refractivity contribution < 1.29 is 16.8 Å². The lowest BCUT2D eigenvalue weighted by Gasteiger charge is -2.26. The van der Waals surface area contributed by atoms with Crippen LogP contribution in [0.3, 0.4) is 0 Å². The van der Waals surface area contributed by atoms with Crippen LogP contribution in [0.4, 0.5) is 5.69 Å². The van der Waals surface area contributed by atoms with E-state index in [-0.39, 0.29) is 17.3 Å². The van der Waals surface area contributed by atoms with Gasteiger partial charge < -0.3 is 0 Å². The Morgan fingerprint density at radius 1 is 1.24 bits per heavy atom. The van der Waals surface area contributed by atoms with E-state index in [4.69, 9.17) is 0 Å². The summed E-state index contributed by atoms with van der Waals surface area (Å²) in [6.07, 6.45) is 0. The summed E-state index contributed by atoms with van der Waals surface area (Å²) in [5.74, 6) is 0.408. The molecular formula is C13H20N2O4S2. The van der Waals surface area contributed by atoms with Crippen molar-refractivity contribution in [3.05, 3.63) is 29.8 Å². The van der Waals surface area contributed by atoms with Gasteiger partial charge in [0.25, 0.3) is 0 Å². The average Bonchev–Trinajstić information content (AvgIpc) is 2.41. The molecule has 1 aliphatic rings. The normalized spacial score (nSPS) is 19.3. The van der Waals surface area contributed by atoms with E-state index >= 15 is 0 Å². The average molecular weight is 332 g/mol. The van der Waals surface area contributed by atoms with Crippen LogP contribution in [0.2, 0.25) is 0 Å². The Morgan fingerprint density at radius 2 is 1.90 bits per heavy atom. The molecule has 0 radical (unpaired) electrons. The number of anilines is 1. The van der Waals surface area contributed by atoms with Crippen LogP contribution in [-0.4, -0.2) is 52.1 Å². The number of nitrogens with zero attached hydrogens (tertiary/aromatic N) is 1. The summed E-state index contributed by atoms with van der Waals surface area (Å²) in [5, 5.41) is 0. The Labute approximate surface area is 126 Å². The summed E-state index contributed by atoms with van der Waals surface area (Å²) in [7, 11) is -6.16. The molecular weight excluding hydrogens is 312 g/mol. The second-order valence-corrected chi connectivity index (χ2v) is 9.45. The summed E-state index contributed by atoms with van der Waals surface area (Å²) in [4.78, 5) is 2.06. The molecule has 1 aromatic carbocycles. The molecule has 0 saturated carbocycles. The van der Waals surface area contributed by atoms with Crippen molar-refractivity contribution in [2.24, 2.45) is 0 Å². The topological polar surface area (TPSA) is 83.6 Å². The maximum Gasteiger partial charge on any atom is 0.232 e. The van der Waals surface area contributed by atoms with Crippen molar-refractivity contribution in [2.75, 3.05) is 35.1 Å². The molecule has 0 atom stereocenters. The Kier molecular flexibility index (Phi) is 4.90. The number of rotatable bonds is 5. The first-order valence-corrected chi connectivity index (χ1v) is 10.3. The van der Waals surface area contributed by atoms with Gasteiger partial charge in [-0.2, -0.15) is 0 Å². The number of sulfonamides is 1. The summed E-state index contributed by atoms with van der Waals surface area (Å²) < 4.78 is 48.4. The first kappa shape index (κ1) is 16.3. The smallest absolute Gasteiger partial charge is 0.232 e. The predicted octanol–water partition coefficient (Wildman–Crippen LogP) is 0.679. The molecule has 6 nitrogen and oxygen atoms in total. The summed E-state index contributed by atoms with van der Waals surface area (Å²) in [6, 6.07) is 7.20. The standard InChI is InChI=1S/C13H20N2O4S2/c1-2-21(18,19)14-13-5-3-4-12(10-13)11-15-6-8-20(16,17)9-7-15/h3-5,10,14H,2,6-9,11H2,1H3. The van der Waals surface area contributed by atoms with Crippen LogP contribution in [0.15, 0.2) is 24.3 Å². The molecule has 0 aromatic heterocycles. The maximum absolute atomic E-state index is 11.6. The zero-order chi connectivity index (χ0) is 15.5. The highest BCUT2D eigenvalue weighted by Gasteiger charge is 2.21. The number of hydrogen-bond donors (Lipinski definition) is 1. The Balaban J connectivity index is 2.02. The van der Waals surface area contributed by atoms with E-state index < -0.39 is 19.9 Å². The summed E-state index contributed by atoms with van der Waals surface area (Å²) in [5.41, 5.74) is 1.50. The molecule has 8 heteroatoms. The van der Waals surface area contributed by atoms with Gasteiger partial charge >= 0.3 is 0 Å². The monoisotopic (exact) mass is 332 g/mol. The zero-order valence-electron chi connectivity index (χ0n) is 11.9. The molecule has 1 heterocycles. The molecule has 0 amide bonds. The van der Waals surface area contributed by atoms with Crippen LogP contribution in [0, 0.1) is 0 Å². The fourth-order valence-corrected chi connectivity index (χ4v) is 4.06. The van der Waals surface area contributed by atoms with Gasteiger partial charge in [-0.05, 0) is 24.6 Å². The van der Waals surface area contributed by atoms with Crippen molar-refractivity contribution in [2.45, 2.75) is 13.5 Å². The van der Waals surface area contributed by atoms with Crippen LogP contribution in [0.1, 0.15) is 12.5 Å². The minimum absolute atomic E-state index is 0.0290. The first-order chi connectivity index (χ1) is 9.80. The molecule has 1 saturated heterocycles. The van der Waals surface area contributed by atoms with Gasteiger partial charge in [-0.1, -0.05) is 12.1 Å². The van der Waals surface area contributed by atoms with E-state index in [1.165, 1.54) is 0 Å². The quantitative estimate of drug-likeness (QED) is 0.857. The first-order valence-electron chi connectivity index (χ1n) is 6.82. The lowest BCUT2D eigenvalue weighted by atomic mass is 10.2. The van der Waals surface area contributed by atoms with Crippen LogP contribution in [0.25, 0.3) is 0 Å². The van der Waals surface area contributed by atoms with Crippen molar-refractivity contribution in [1.82, 2.24) is 4.90 Å². The molecule has 1 N–H and O–H groups in total. The van der Waals surface area contributed by atoms with E-state index in [0.29, 0.717) is 25.3 Å². The van der Waals surface area contributed by atoms with Crippen molar-refractivity contribution in [3.63, 3.8) is 0 Å². The third kappa shape index (κ3) is 4.98. The van der Waals surface area contributed by atoms with E-state index in [1.807, 2.05) is 6.07 Å². The van der Waals surface area contributed by atoms with Crippen LogP contribution < -0.4 is 4.72 Å². The van der Waals surface area contributed by atoms with E-state index in [1.54, 1.807) is 25.1 Å². The van der Waals surface area contributed by atoms with Gasteiger partial charge in [0.1, 0.15) is 0 Å². The van der Waals surface area contributed by atoms with Crippen LogP contribution in [0.5, 0.6) is 0 Å². The number of sulfone groups is 1. The largest absolute Gasteiger partial charge is 0.297 e. The second kappa shape index (κ2) is 6.33. The van der Waals surface area contributed by atoms with Gasteiger partial charge in [-0.3, -0.25) is 9.62 Å². The molecule has 0 aliphatic carbocycles. The lowest BCUT2D eigenvalue weighted by Crippen LogP contribution is -2.39. The Bertz CT molecular complexity index is 685.